The highest BCUT2D eigenvalue weighted by Crippen LogP contribution is 2.20. The van der Waals surface area contributed by atoms with Crippen molar-refractivity contribution < 1.29 is 0 Å². The summed E-state index contributed by atoms with van der Waals surface area (Å²) in [7, 11) is 0. The third-order valence-electron chi connectivity index (χ3n) is 2.73. The third-order valence-corrected chi connectivity index (χ3v) is 3.66. The average molecular weight is 259 g/mol. The molecule has 94 valence electrons. The van der Waals surface area contributed by atoms with Crippen molar-refractivity contribution in [2.75, 3.05) is 6.54 Å². The molecule has 0 unspecified atom stereocenters. The van der Waals surface area contributed by atoms with Crippen LogP contribution in [-0.2, 0) is 12.2 Å². The summed E-state index contributed by atoms with van der Waals surface area (Å²) in [5.41, 5.74) is 9.22. The fourth-order valence-corrected chi connectivity index (χ4v) is 2.49. The first-order valence-corrected chi connectivity index (χ1v) is 6.96. The largest absolute Gasteiger partial charge is 0.330 e. The van der Waals surface area contributed by atoms with Crippen molar-refractivity contribution in [2.45, 2.75) is 24.3 Å². The molecule has 2 aromatic rings. The summed E-state index contributed by atoms with van der Waals surface area (Å²) < 4.78 is 0. The van der Waals surface area contributed by atoms with Gasteiger partial charge in [0.1, 0.15) is 0 Å². The number of aromatic nitrogens is 2. The van der Waals surface area contributed by atoms with E-state index in [9.17, 15) is 0 Å². The van der Waals surface area contributed by atoms with Crippen molar-refractivity contribution in [2.24, 2.45) is 5.73 Å². The van der Waals surface area contributed by atoms with Gasteiger partial charge in [-0.25, -0.2) is 9.97 Å². The maximum Gasteiger partial charge on any atom is 0.187 e. The number of rotatable bonds is 5. The normalized spacial score (nSPS) is 10.6. The maximum atomic E-state index is 5.49. The SMILES string of the molecule is Cc1ccccc1CSc1ncc(CCN)cn1. The minimum absolute atomic E-state index is 0.638. The molecule has 0 fully saturated rings. The number of benzene rings is 1. The molecule has 4 heteroatoms. The fourth-order valence-electron chi connectivity index (χ4n) is 1.63. The number of hydrogen-bond donors (Lipinski definition) is 1. The van der Waals surface area contributed by atoms with Gasteiger partial charge in [0.2, 0.25) is 0 Å². The van der Waals surface area contributed by atoms with Gasteiger partial charge in [-0.3, -0.25) is 0 Å². The van der Waals surface area contributed by atoms with Gasteiger partial charge in [-0.15, -0.1) is 0 Å². The number of nitrogens with zero attached hydrogens (tertiary/aromatic N) is 2. The third kappa shape index (κ3) is 3.55. The molecule has 0 saturated carbocycles. The zero-order chi connectivity index (χ0) is 12.8. The molecule has 0 spiro atoms. The van der Waals surface area contributed by atoms with E-state index in [0.29, 0.717) is 6.54 Å². The fraction of sp³-hybridized carbons (Fsp3) is 0.286. The summed E-state index contributed by atoms with van der Waals surface area (Å²) in [4.78, 5) is 8.68. The first kappa shape index (κ1) is 13.1. The predicted molar refractivity (Wildman–Crippen MR) is 75.5 cm³/mol. The highest BCUT2D eigenvalue weighted by molar-refractivity contribution is 7.98. The van der Waals surface area contributed by atoms with E-state index in [0.717, 1.165) is 22.9 Å². The molecule has 1 heterocycles. The molecular weight excluding hydrogens is 242 g/mol. The van der Waals surface area contributed by atoms with Crippen LogP contribution in [0.2, 0.25) is 0 Å². The summed E-state index contributed by atoms with van der Waals surface area (Å²) in [5.74, 6) is 0.906. The van der Waals surface area contributed by atoms with Gasteiger partial charge < -0.3 is 5.73 Å². The summed E-state index contributed by atoms with van der Waals surface area (Å²) in [5, 5.41) is 0.819. The van der Waals surface area contributed by atoms with E-state index in [-0.39, 0.29) is 0 Å². The van der Waals surface area contributed by atoms with Gasteiger partial charge in [0, 0.05) is 18.1 Å². The van der Waals surface area contributed by atoms with Gasteiger partial charge in [0.05, 0.1) is 0 Å². The van der Waals surface area contributed by atoms with Crippen molar-refractivity contribution in [3.05, 3.63) is 53.3 Å². The van der Waals surface area contributed by atoms with Crippen LogP contribution in [0.4, 0.5) is 0 Å². The monoisotopic (exact) mass is 259 g/mol. The first-order valence-electron chi connectivity index (χ1n) is 5.98. The summed E-state index contributed by atoms with van der Waals surface area (Å²) in [6.07, 6.45) is 4.56. The van der Waals surface area contributed by atoms with Gasteiger partial charge >= 0.3 is 0 Å². The van der Waals surface area contributed by atoms with Crippen LogP contribution < -0.4 is 5.73 Å². The number of hydrogen-bond acceptors (Lipinski definition) is 4. The Morgan fingerprint density at radius 3 is 2.56 bits per heavy atom. The number of thioether (sulfide) groups is 1. The molecule has 1 aromatic heterocycles. The Morgan fingerprint density at radius 1 is 1.17 bits per heavy atom. The second-order valence-electron chi connectivity index (χ2n) is 4.13. The summed E-state index contributed by atoms with van der Waals surface area (Å²) >= 11 is 1.66. The van der Waals surface area contributed by atoms with E-state index < -0.39 is 0 Å². The van der Waals surface area contributed by atoms with Crippen LogP contribution in [0.5, 0.6) is 0 Å². The lowest BCUT2D eigenvalue weighted by Crippen LogP contribution is -2.03. The molecule has 1 aromatic carbocycles. The van der Waals surface area contributed by atoms with Gasteiger partial charge in [-0.2, -0.15) is 0 Å². The molecule has 0 bridgehead atoms. The Bertz CT molecular complexity index is 497. The van der Waals surface area contributed by atoms with Crippen molar-refractivity contribution in [1.29, 1.82) is 0 Å². The van der Waals surface area contributed by atoms with Gasteiger partial charge in [-0.1, -0.05) is 36.0 Å². The van der Waals surface area contributed by atoms with Gasteiger partial charge in [0.15, 0.2) is 5.16 Å². The highest BCUT2D eigenvalue weighted by atomic mass is 32.2. The highest BCUT2D eigenvalue weighted by Gasteiger charge is 2.01. The molecule has 0 atom stereocenters. The minimum Gasteiger partial charge on any atom is -0.330 e. The molecule has 3 nitrogen and oxygen atoms in total. The van der Waals surface area contributed by atoms with Crippen LogP contribution in [0.25, 0.3) is 0 Å². The van der Waals surface area contributed by atoms with Crippen molar-refractivity contribution >= 4 is 11.8 Å². The molecule has 0 aliphatic heterocycles. The van der Waals surface area contributed by atoms with Crippen LogP contribution in [0.3, 0.4) is 0 Å². The topological polar surface area (TPSA) is 51.8 Å². The molecule has 2 rings (SSSR count). The lowest BCUT2D eigenvalue weighted by atomic mass is 10.1. The molecule has 0 amide bonds. The van der Waals surface area contributed by atoms with E-state index in [4.69, 9.17) is 5.73 Å². The van der Waals surface area contributed by atoms with Crippen LogP contribution in [0.1, 0.15) is 16.7 Å². The Hall–Kier alpha value is -1.39. The van der Waals surface area contributed by atoms with Crippen molar-refractivity contribution in [3.63, 3.8) is 0 Å². The Morgan fingerprint density at radius 2 is 1.89 bits per heavy atom. The van der Waals surface area contributed by atoms with Crippen molar-refractivity contribution in [1.82, 2.24) is 9.97 Å². The Balaban J connectivity index is 1.96. The van der Waals surface area contributed by atoms with Crippen LogP contribution in [-0.4, -0.2) is 16.5 Å². The van der Waals surface area contributed by atoms with Crippen LogP contribution in [0, 0.1) is 6.92 Å². The van der Waals surface area contributed by atoms with E-state index in [1.807, 2.05) is 12.4 Å². The predicted octanol–water partition coefficient (Wildman–Crippen LogP) is 2.58. The van der Waals surface area contributed by atoms with E-state index in [1.165, 1.54) is 11.1 Å². The maximum absolute atomic E-state index is 5.49. The van der Waals surface area contributed by atoms with Gasteiger partial charge in [0.25, 0.3) is 0 Å². The molecule has 18 heavy (non-hydrogen) atoms. The average Bonchev–Trinajstić information content (AvgIpc) is 2.40. The second kappa shape index (κ2) is 6.52. The minimum atomic E-state index is 0.638. The molecule has 0 radical (unpaired) electrons. The van der Waals surface area contributed by atoms with E-state index in [1.54, 1.807) is 11.8 Å². The lowest BCUT2D eigenvalue weighted by molar-refractivity contribution is 0.890. The Kier molecular flexibility index (Phi) is 4.73. The first-order chi connectivity index (χ1) is 8.79. The lowest BCUT2D eigenvalue weighted by Gasteiger charge is -2.04. The van der Waals surface area contributed by atoms with E-state index in [2.05, 4.69) is 41.2 Å². The molecule has 2 N–H and O–H groups in total. The van der Waals surface area contributed by atoms with Crippen LogP contribution in [0.15, 0.2) is 41.8 Å². The number of nitrogens with two attached hydrogens (primary N) is 1. The Labute approximate surface area is 112 Å². The summed E-state index contributed by atoms with van der Waals surface area (Å²) in [6, 6.07) is 8.39. The van der Waals surface area contributed by atoms with Crippen molar-refractivity contribution in [3.8, 4) is 0 Å². The molecule has 0 aliphatic carbocycles. The quantitative estimate of drug-likeness (QED) is 0.662. The van der Waals surface area contributed by atoms with Crippen LogP contribution >= 0.6 is 11.8 Å². The number of aryl methyl sites for hydroxylation is 1. The zero-order valence-corrected chi connectivity index (χ0v) is 11.3. The molecule has 0 saturated heterocycles. The van der Waals surface area contributed by atoms with Gasteiger partial charge in [-0.05, 0) is 36.6 Å². The second-order valence-corrected chi connectivity index (χ2v) is 5.07. The molecule has 0 aliphatic rings. The zero-order valence-electron chi connectivity index (χ0n) is 10.5. The summed E-state index contributed by atoms with van der Waals surface area (Å²) in [6.45, 7) is 2.76. The van der Waals surface area contributed by atoms with E-state index >= 15 is 0 Å². The standard InChI is InChI=1S/C14H17N3S/c1-11-4-2-3-5-13(11)10-18-14-16-8-12(6-7-15)9-17-14/h2-5,8-9H,6-7,10,15H2,1H3. The molecular formula is C14H17N3S. The smallest absolute Gasteiger partial charge is 0.187 e.